The quantitative estimate of drug-likeness (QED) is 0.542. The third kappa shape index (κ3) is 5.22. The molecule has 23 heavy (non-hydrogen) atoms. The fourth-order valence-electron chi connectivity index (χ4n) is 2.56. The van der Waals surface area contributed by atoms with Crippen LogP contribution in [0.1, 0.15) is 43.9 Å². The summed E-state index contributed by atoms with van der Waals surface area (Å²) >= 11 is 0. The molecule has 0 heterocycles. The number of para-hydroxylation sites is 1. The molecule has 0 radical (unpaired) electrons. The first-order chi connectivity index (χ1) is 11.1. The maximum Gasteiger partial charge on any atom is 0.313 e. The molecule has 0 aliphatic carbocycles. The van der Waals surface area contributed by atoms with Crippen LogP contribution < -0.4 is 4.74 Å². The predicted molar refractivity (Wildman–Crippen MR) is 91.5 cm³/mol. The molecular formula is C20H24O3. The van der Waals surface area contributed by atoms with E-state index in [1.54, 1.807) is 12.1 Å². The number of esters is 1. The molecule has 0 unspecified atom stereocenters. The normalized spacial score (nSPS) is 13.3. The minimum absolute atomic E-state index is 0.00396. The topological polar surface area (TPSA) is 35.5 Å². The van der Waals surface area contributed by atoms with E-state index in [1.807, 2.05) is 37.3 Å². The van der Waals surface area contributed by atoms with Crippen LogP contribution in [0.5, 0.6) is 5.75 Å². The summed E-state index contributed by atoms with van der Waals surface area (Å²) in [5.74, 6) is 0.291. The zero-order valence-corrected chi connectivity index (χ0v) is 14.0. The first kappa shape index (κ1) is 17.2. The second-order valence-corrected chi connectivity index (χ2v) is 5.69. The van der Waals surface area contributed by atoms with Crippen molar-refractivity contribution in [1.29, 1.82) is 0 Å². The lowest BCUT2D eigenvalue weighted by Crippen LogP contribution is -2.20. The second-order valence-electron chi connectivity index (χ2n) is 5.69. The number of hydrogen-bond donors (Lipinski definition) is 0. The summed E-state index contributed by atoms with van der Waals surface area (Å²) in [7, 11) is 0. The molecule has 2 aromatic carbocycles. The lowest BCUT2D eigenvalue weighted by Gasteiger charge is -2.22. The Labute approximate surface area is 138 Å². The van der Waals surface area contributed by atoms with Crippen LogP contribution >= 0.6 is 0 Å². The highest BCUT2D eigenvalue weighted by Crippen LogP contribution is 2.26. The summed E-state index contributed by atoms with van der Waals surface area (Å²) in [6, 6.07) is 17.3. The highest BCUT2D eigenvalue weighted by Gasteiger charge is 2.18. The number of rotatable bonds is 7. The van der Waals surface area contributed by atoms with Gasteiger partial charge in [-0.2, -0.15) is 0 Å². The molecule has 0 aliphatic rings. The molecule has 0 saturated carbocycles. The van der Waals surface area contributed by atoms with Crippen molar-refractivity contribution < 1.29 is 14.3 Å². The van der Waals surface area contributed by atoms with Gasteiger partial charge in [-0.05, 0) is 43.5 Å². The third-order valence-corrected chi connectivity index (χ3v) is 3.73. The van der Waals surface area contributed by atoms with Gasteiger partial charge in [0.1, 0.15) is 5.75 Å². The summed E-state index contributed by atoms with van der Waals surface area (Å²) in [5.41, 5.74) is 2.39. The van der Waals surface area contributed by atoms with E-state index in [0.29, 0.717) is 5.75 Å². The van der Waals surface area contributed by atoms with Gasteiger partial charge in [0, 0.05) is 0 Å². The van der Waals surface area contributed by atoms with Crippen molar-refractivity contribution in [3.63, 3.8) is 0 Å². The van der Waals surface area contributed by atoms with Gasteiger partial charge in [-0.25, -0.2) is 0 Å². The second kappa shape index (κ2) is 8.49. The van der Waals surface area contributed by atoms with Crippen molar-refractivity contribution in [2.75, 3.05) is 0 Å². The molecule has 2 aromatic rings. The van der Waals surface area contributed by atoms with E-state index in [-0.39, 0.29) is 24.6 Å². The fraction of sp³-hybridized carbons (Fsp3) is 0.350. The zero-order chi connectivity index (χ0) is 16.7. The van der Waals surface area contributed by atoms with Crippen LogP contribution in [-0.2, 0) is 9.53 Å². The maximum atomic E-state index is 12.0. The average Bonchev–Trinajstić information content (AvgIpc) is 2.54. The maximum absolute atomic E-state index is 12.0. The van der Waals surface area contributed by atoms with Crippen LogP contribution in [0.4, 0.5) is 0 Å². The predicted octanol–water partition coefficient (Wildman–Crippen LogP) is 4.85. The lowest BCUT2D eigenvalue weighted by atomic mass is 10.0. The van der Waals surface area contributed by atoms with Crippen molar-refractivity contribution in [1.82, 2.24) is 0 Å². The molecule has 0 bridgehead atoms. The van der Waals surface area contributed by atoms with Crippen molar-refractivity contribution in [3.8, 4) is 5.75 Å². The Kier molecular flexibility index (Phi) is 6.36. The van der Waals surface area contributed by atoms with E-state index in [0.717, 1.165) is 6.42 Å². The molecular weight excluding hydrogens is 288 g/mol. The smallest absolute Gasteiger partial charge is 0.313 e. The Morgan fingerprint density at radius 3 is 2.35 bits per heavy atom. The molecule has 0 fully saturated rings. The van der Waals surface area contributed by atoms with Gasteiger partial charge in [0.05, 0.1) is 18.6 Å². The molecule has 2 atom stereocenters. The SMILES string of the molecule is CC[C@@H](O[C@@H](C)CC(=O)Oc1ccccc1)c1ccccc1C. The Hall–Kier alpha value is -2.13. The molecule has 3 heteroatoms. The van der Waals surface area contributed by atoms with Gasteiger partial charge >= 0.3 is 5.97 Å². The first-order valence-electron chi connectivity index (χ1n) is 8.06. The van der Waals surface area contributed by atoms with E-state index in [1.165, 1.54) is 11.1 Å². The molecule has 2 rings (SSSR count). The summed E-state index contributed by atoms with van der Waals surface area (Å²) in [6.07, 6.45) is 0.895. The highest BCUT2D eigenvalue weighted by molar-refractivity contribution is 5.72. The number of aryl methyl sites for hydroxylation is 1. The van der Waals surface area contributed by atoms with E-state index >= 15 is 0 Å². The van der Waals surface area contributed by atoms with E-state index in [2.05, 4.69) is 26.0 Å². The Balaban J connectivity index is 1.91. The summed E-state index contributed by atoms with van der Waals surface area (Å²) in [5, 5.41) is 0. The zero-order valence-electron chi connectivity index (χ0n) is 14.0. The fourth-order valence-corrected chi connectivity index (χ4v) is 2.56. The van der Waals surface area contributed by atoms with E-state index in [4.69, 9.17) is 9.47 Å². The van der Waals surface area contributed by atoms with E-state index in [9.17, 15) is 4.79 Å². The van der Waals surface area contributed by atoms with Crippen LogP contribution in [0, 0.1) is 6.92 Å². The Morgan fingerprint density at radius 1 is 1.04 bits per heavy atom. The first-order valence-corrected chi connectivity index (χ1v) is 8.06. The molecule has 3 nitrogen and oxygen atoms in total. The minimum Gasteiger partial charge on any atom is -0.426 e. The highest BCUT2D eigenvalue weighted by atomic mass is 16.5. The molecule has 0 saturated heterocycles. The van der Waals surface area contributed by atoms with Gasteiger partial charge in [0.2, 0.25) is 0 Å². The van der Waals surface area contributed by atoms with Crippen molar-refractivity contribution in [2.45, 2.75) is 45.8 Å². The number of hydrogen-bond acceptors (Lipinski definition) is 3. The third-order valence-electron chi connectivity index (χ3n) is 3.73. The van der Waals surface area contributed by atoms with Gasteiger partial charge in [-0.1, -0.05) is 49.4 Å². The van der Waals surface area contributed by atoms with Crippen LogP contribution in [-0.4, -0.2) is 12.1 Å². The molecule has 0 spiro atoms. The van der Waals surface area contributed by atoms with Crippen molar-refractivity contribution in [3.05, 3.63) is 65.7 Å². The number of carbonyl (C=O) groups is 1. The Morgan fingerprint density at radius 2 is 1.70 bits per heavy atom. The van der Waals surface area contributed by atoms with E-state index < -0.39 is 0 Å². The molecule has 0 aliphatic heterocycles. The van der Waals surface area contributed by atoms with Gasteiger partial charge in [0.15, 0.2) is 0 Å². The number of benzene rings is 2. The lowest BCUT2D eigenvalue weighted by molar-refractivity contribution is -0.138. The summed E-state index contributed by atoms with van der Waals surface area (Å²) in [6.45, 7) is 6.08. The van der Waals surface area contributed by atoms with Gasteiger partial charge in [-0.3, -0.25) is 4.79 Å². The summed E-state index contributed by atoms with van der Waals surface area (Å²) < 4.78 is 11.4. The molecule has 122 valence electrons. The van der Waals surface area contributed by atoms with Crippen LogP contribution in [0.3, 0.4) is 0 Å². The van der Waals surface area contributed by atoms with Crippen molar-refractivity contribution in [2.24, 2.45) is 0 Å². The van der Waals surface area contributed by atoms with Crippen LogP contribution in [0.2, 0.25) is 0 Å². The van der Waals surface area contributed by atoms with Crippen molar-refractivity contribution >= 4 is 5.97 Å². The number of ether oxygens (including phenoxy) is 2. The molecule has 0 amide bonds. The van der Waals surface area contributed by atoms with Gasteiger partial charge in [-0.15, -0.1) is 0 Å². The average molecular weight is 312 g/mol. The van der Waals surface area contributed by atoms with Gasteiger partial charge < -0.3 is 9.47 Å². The Bertz CT molecular complexity index is 622. The molecule has 0 N–H and O–H groups in total. The monoisotopic (exact) mass is 312 g/mol. The molecule has 0 aromatic heterocycles. The minimum atomic E-state index is -0.275. The van der Waals surface area contributed by atoms with Gasteiger partial charge in [0.25, 0.3) is 0 Å². The standard InChI is InChI=1S/C20H24O3/c1-4-19(18-13-9-8-10-15(18)2)22-16(3)14-20(21)23-17-11-6-5-7-12-17/h5-13,16,19H,4,14H2,1-3H3/t16-,19+/m0/s1. The summed E-state index contributed by atoms with van der Waals surface area (Å²) in [4.78, 5) is 12.0. The largest absolute Gasteiger partial charge is 0.426 e. The number of carbonyl (C=O) groups excluding carboxylic acids is 1. The van der Waals surface area contributed by atoms with Crippen LogP contribution in [0.25, 0.3) is 0 Å². The van der Waals surface area contributed by atoms with Crippen LogP contribution in [0.15, 0.2) is 54.6 Å².